The summed E-state index contributed by atoms with van der Waals surface area (Å²) in [5.74, 6) is 0. The molecule has 0 saturated carbocycles. The maximum absolute atomic E-state index is 8.70. The third-order valence-electron chi connectivity index (χ3n) is 2.12. The van der Waals surface area contributed by atoms with Crippen molar-refractivity contribution in [3.05, 3.63) is 40.0 Å². The topological polar surface area (TPSA) is 36.7 Å². The molecular weight excluding hydrogens is 231 g/mol. The Bertz CT molecular complexity index is 558. The largest absolute Gasteiger partial charge is 0.254 e. The molecule has 0 saturated heterocycles. The smallest absolute Gasteiger partial charge is 0.0760 e. The Morgan fingerprint density at radius 1 is 1.33 bits per heavy atom. The first-order valence-corrected chi connectivity index (χ1v) is 5.07. The third-order valence-corrected chi connectivity index (χ3v) is 2.68. The van der Waals surface area contributed by atoms with Crippen LogP contribution in [0.1, 0.15) is 5.56 Å². The molecule has 0 bridgehead atoms. The van der Waals surface area contributed by atoms with E-state index >= 15 is 0 Å². The molecule has 0 amide bonds. The minimum Gasteiger partial charge on any atom is -0.254 e. The van der Waals surface area contributed by atoms with Crippen molar-refractivity contribution >= 4 is 34.1 Å². The highest BCUT2D eigenvalue weighted by Crippen LogP contribution is 2.26. The van der Waals surface area contributed by atoms with E-state index in [-0.39, 0.29) is 6.42 Å². The predicted molar refractivity (Wildman–Crippen MR) is 61.1 cm³/mol. The molecule has 1 heterocycles. The van der Waals surface area contributed by atoms with E-state index in [0.29, 0.717) is 10.0 Å². The highest BCUT2D eigenvalue weighted by atomic mass is 35.5. The summed E-state index contributed by atoms with van der Waals surface area (Å²) >= 11 is 11.8. The zero-order valence-electron chi connectivity index (χ0n) is 7.67. The van der Waals surface area contributed by atoms with Crippen LogP contribution in [0.2, 0.25) is 10.0 Å². The van der Waals surface area contributed by atoms with Crippen molar-refractivity contribution in [3.63, 3.8) is 0 Å². The highest BCUT2D eigenvalue weighted by molar-refractivity contribution is 6.33. The molecule has 1 aromatic carbocycles. The molecule has 0 aliphatic carbocycles. The molecule has 0 N–H and O–H groups in total. The second kappa shape index (κ2) is 4.06. The van der Waals surface area contributed by atoms with E-state index in [1.807, 2.05) is 6.07 Å². The first-order valence-electron chi connectivity index (χ1n) is 4.32. The Balaban J connectivity index is 2.77. The van der Waals surface area contributed by atoms with Crippen LogP contribution in [-0.2, 0) is 6.42 Å². The lowest BCUT2D eigenvalue weighted by atomic mass is 10.1. The van der Waals surface area contributed by atoms with Crippen LogP contribution >= 0.6 is 23.2 Å². The monoisotopic (exact) mass is 236 g/mol. The van der Waals surface area contributed by atoms with Gasteiger partial charge >= 0.3 is 0 Å². The van der Waals surface area contributed by atoms with Crippen molar-refractivity contribution in [2.24, 2.45) is 0 Å². The van der Waals surface area contributed by atoms with Crippen LogP contribution in [0.3, 0.4) is 0 Å². The molecule has 0 atom stereocenters. The van der Waals surface area contributed by atoms with E-state index in [1.54, 1.807) is 18.3 Å². The van der Waals surface area contributed by atoms with Crippen LogP contribution in [0.4, 0.5) is 0 Å². The first-order chi connectivity index (χ1) is 7.22. The van der Waals surface area contributed by atoms with Crippen molar-refractivity contribution < 1.29 is 0 Å². The van der Waals surface area contributed by atoms with Gasteiger partial charge in [0, 0.05) is 22.2 Å². The third kappa shape index (κ3) is 1.90. The van der Waals surface area contributed by atoms with Crippen molar-refractivity contribution in [2.45, 2.75) is 6.42 Å². The van der Waals surface area contributed by atoms with E-state index in [2.05, 4.69) is 11.1 Å². The minimum absolute atomic E-state index is 0.255. The Morgan fingerprint density at radius 2 is 2.13 bits per heavy atom. The normalized spacial score (nSPS) is 10.2. The van der Waals surface area contributed by atoms with Gasteiger partial charge in [-0.2, -0.15) is 5.26 Å². The Hall–Kier alpha value is -1.30. The number of nitrogens with zero attached hydrogens (tertiary/aromatic N) is 2. The van der Waals surface area contributed by atoms with Gasteiger partial charge in [-0.3, -0.25) is 4.98 Å². The van der Waals surface area contributed by atoms with E-state index in [4.69, 9.17) is 28.5 Å². The number of fused-ring (bicyclic) bond motifs is 1. The molecule has 2 aromatic rings. The predicted octanol–water partition coefficient (Wildman–Crippen LogP) is 3.61. The SMILES string of the molecule is N#CCc1c(Cl)ccc2cc(Cl)cnc12. The number of benzene rings is 1. The van der Waals surface area contributed by atoms with Crippen LogP contribution in [-0.4, -0.2) is 4.98 Å². The van der Waals surface area contributed by atoms with Crippen LogP contribution in [0.5, 0.6) is 0 Å². The molecule has 0 spiro atoms. The van der Waals surface area contributed by atoms with Gasteiger partial charge in [0.05, 0.1) is 23.0 Å². The fraction of sp³-hybridized carbons (Fsp3) is 0.0909. The van der Waals surface area contributed by atoms with Crippen molar-refractivity contribution in [3.8, 4) is 6.07 Å². The molecule has 0 unspecified atom stereocenters. The molecule has 0 aliphatic heterocycles. The molecule has 15 heavy (non-hydrogen) atoms. The zero-order valence-corrected chi connectivity index (χ0v) is 9.18. The quantitative estimate of drug-likeness (QED) is 0.759. The number of halogens is 2. The lowest BCUT2D eigenvalue weighted by Crippen LogP contribution is -1.89. The van der Waals surface area contributed by atoms with E-state index < -0.39 is 0 Å². The van der Waals surface area contributed by atoms with Crippen molar-refractivity contribution in [2.75, 3.05) is 0 Å². The van der Waals surface area contributed by atoms with Crippen molar-refractivity contribution in [1.82, 2.24) is 4.98 Å². The molecule has 4 heteroatoms. The van der Waals surface area contributed by atoms with Gasteiger partial charge in [0.1, 0.15) is 0 Å². The molecule has 0 radical (unpaired) electrons. The van der Waals surface area contributed by atoms with Gasteiger partial charge in [0.2, 0.25) is 0 Å². The number of hydrogen-bond acceptors (Lipinski definition) is 2. The zero-order chi connectivity index (χ0) is 10.8. The fourth-order valence-corrected chi connectivity index (χ4v) is 1.84. The Kier molecular flexibility index (Phi) is 2.77. The van der Waals surface area contributed by atoms with E-state index in [9.17, 15) is 0 Å². The van der Waals surface area contributed by atoms with Gasteiger partial charge in [-0.15, -0.1) is 0 Å². The van der Waals surface area contributed by atoms with Gasteiger partial charge in [-0.05, 0) is 12.1 Å². The molecule has 1 aromatic heterocycles. The Morgan fingerprint density at radius 3 is 2.87 bits per heavy atom. The van der Waals surface area contributed by atoms with E-state index in [0.717, 1.165) is 16.5 Å². The van der Waals surface area contributed by atoms with Gasteiger partial charge in [-0.25, -0.2) is 0 Å². The Labute approximate surface area is 97.1 Å². The first kappa shape index (κ1) is 10.2. The maximum Gasteiger partial charge on any atom is 0.0760 e. The maximum atomic E-state index is 8.70. The molecule has 74 valence electrons. The van der Waals surface area contributed by atoms with Crippen LogP contribution < -0.4 is 0 Å². The molecule has 0 aliphatic rings. The summed E-state index contributed by atoms with van der Waals surface area (Å²) in [6, 6.07) is 7.48. The number of aromatic nitrogens is 1. The molecule has 2 nitrogen and oxygen atoms in total. The van der Waals surface area contributed by atoms with E-state index in [1.165, 1.54) is 0 Å². The van der Waals surface area contributed by atoms with Crippen LogP contribution in [0, 0.1) is 11.3 Å². The second-order valence-corrected chi connectivity index (χ2v) is 3.93. The summed E-state index contributed by atoms with van der Waals surface area (Å²) in [5, 5.41) is 10.7. The van der Waals surface area contributed by atoms with Gasteiger partial charge in [-0.1, -0.05) is 29.3 Å². The number of hydrogen-bond donors (Lipinski definition) is 0. The molecule has 0 fully saturated rings. The van der Waals surface area contributed by atoms with Gasteiger partial charge in [0.25, 0.3) is 0 Å². The summed E-state index contributed by atoms with van der Waals surface area (Å²) in [4.78, 5) is 4.19. The number of rotatable bonds is 1. The van der Waals surface area contributed by atoms with Gasteiger partial charge in [0.15, 0.2) is 0 Å². The number of pyridine rings is 1. The van der Waals surface area contributed by atoms with Gasteiger partial charge < -0.3 is 0 Å². The van der Waals surface area contributed by atoms with Crippen LogP contribution in [0.15, 0.2) is 24.4 Å². The fourth-order valence-electron chi connectivity index (χ4n) is 1.46. The summed E-state index contributed by atoms with van der Waals surface area (Å²) in [6.07, 6.45) is 1.81. The summed E-state index contributed by atoms with van der Waals surface area (Å²) in [5.41, 5.74) is 1.50. The summed E-state index contributed by atoms with van der Waals surface area (Å²) < 4.78 is 0. The molecule has 2 rings (SSSR count). The molecular formula is C11H6Cl2N2. The standard InChI is InChI=1S/C11H6Cl2N2/c12-8-5-7-1-2-10(13)9(3-4-14)11(7)15-6-8/h1-2,5-6H,3H2. The minimum atomic E-state index is 0.255. The highest BCUT2D eigenvalue weighted by Gasteiger charge is 2.07. The average Bonchev–Trinajstić information content (AvgIpc) is 2.22. The lowest BCUT2D eigenvalue weighted by Gasteiger charge is -2.04. The summed E-state index contributed by atoms with van der Waals surface area (Å²) in [6.45, 7) is 0. The van der Waals surface area contributed by atoms with Crippen LogP contribution in [0.25, 0.3) is 10.9 Å². The average molecular weight is 237 g/mol. The number of nitriles is 1. The van der Waals surface area contributed by atoms with Crippen molar-refractivity contribution in [1.29, 1.82) is 5.26 Å². The lowest BCUT2D eigenvalue weighted by molar-refractivity contribution is 1.26. The second-order valence-electron chi connectivity index (χ2n) is 3.09. The summed E-state index contributed by atoms with van der Waals surface area (Å²) in [7, 11) is 0.